The third-order valence-electron chi connectivity index (χ3n) is 11.3. The summed E-state index contributed by atoms with van der Waals surface area (Å²) >= 11 is 0. The predicted octanol–water partition coefficient (Wildman–Crippen LogP) is 3.18. The van der Waals surface area contributed by atoms with Crippen LogP contribution in [0.1, 0.15) is 64.4 Å². The van der Waals surface area contributed by atoms with E-state index in [0.717, 1.165) is 12.0 Å². The monoisotopic (exact) mass is 684 g/mol. The van der Waals surface area contributed by atoms with Gasteiger partial charge in [0.15, 0.2) is 12.4 Å². The Bertz CT molecular complexity index is 1520. The molecule has 4 aliphatic rings. The minimum atomic E-state index is -1.80. The van der Waals surface area contributed by atoms with E-state index in [0.29, 0.717) is 31.2 Å². The van der Waals surface area contributed by atoms with Gasteiger partial charge in [-0.15, -0.1) is 10.1 Å². The van der Waals surface area contributed by atoms with Gasteiger partial charge in [-0.05, 0) is 93.1 Å². The van der Waals surface area contributed by atoms with Gasteiger partial charge >= 0.3 is 12.1 Å². The van der Waals surface area contributed by atoms with E-state index in [1.54, 1.807) is 24.3 Å². The summed E-state index contributed by atoms with van der Waals surface area (Å²) in [7, 11) is 0. The zero-order chi connectivity index (χ0) is 35.6. The lowest BCUT2D eigenvalue weighted by atomic mass is 9.46. The van der Waals surface area contributed by atoms with E-state index in [-0.39, 0.29) is 61.8 Å². The average Bonchev–Trinajstić information content (AvgIpc) is 3.32. The number of rotatable bonds is 13. The van der Waals surface area contributed by atoms with E-state index in [4.69, 9.17) is 19.9 Å². The number of allylic oxidation sites excluding steroid dienone is 4. The molecule has 8 atom stereocenters. The first kappa shape index (κ1) is 36.1. The van der Waals surface area contributed by atoms with Crippen LogP contribution in [0.25, 0.3) is 0 Å². The van der Waals surface area contributed by atoms with E-state index in [1.807, 2.05) is 13.0 Å². The van der Waals surface area contributed by atoms with Crippen molar-refractivity contribution in [2.24, 2.45) is 34.3 Å². The fourth-order valence-electron chi connectivity index (χ4n) is 8.81. The Kier molecular flexibility index (Phi) is 10.6. The number of Topliss-reactive ketones (excluding diaryl/α,β-unsaturated/α-hetero) is 1. The molecule has 14 nitrogen and oxygen atoms in total. The molecule has 4 aliphatic carbocycles. The highest BCUT2D eigenvalue weighted by molar-refractivity contribution is 6.01. The van der Waals surface area contributed by atoms with Crippen LogP contribution in [0.3, 0.4) is 0 Å². The fraction of sp³-hybridized carbons (Fsp3) is 0.600. The Hall–Kier alpha value is -4.14. The van der Waals surface area contributed by atoms with Gasteiger partial charge in [-0.25, -0.2) is 4.79 Å². The van der Waals surface area contributed by atoms with Gasteiger partial charge < -0.3 is 35.0 Å². The zero-order valence-electron chi connectivity index (χ0n) is 27.7. The molecule has 266 valence electrons. The molecule has 4 N–H and O–H groups in total. The molecule has 0 saturated heterocycles. The van der Waals surface area contributed by atoms with E-state index >= 15 is 0 Å². The summed E-state index contributed by atoms with van der Waals surface area (Å²) in [5.74, 6) is -1.34. The minimum Gasteiger partial charge on any atom is -0.465 e. The molecule has 1 aromatic rings. The van der Waals surface area contributed by atoms with Crippen LogP contribution in [-0.2, 0) is 35.1 Å². The number of nitrogens with two attached hydrogens (primary N) is 1. The van der Waals surface area contributed by atoms with Crippen molar-refractivity contribution in [2.45, 2.75) is 83.0 Å². The second-order valence-electron chi connectivity index (χ2n) is 14.1. The van der Waals surface area contributed by atoms with Crippen LogP contribution >= 0.6 is 0 Å². The van der Waals surface area contributed by atoms with Gasteiger partial charge in [-0.2, -0.15) is 0 Å². The summed E-state index contributed by atoms with van der Waals surface area (Å²) in [6.07, 6.45) is 6.51. The van der Waals surface area contributed by atoms with Crippen LogP contribution in [-0.4, -0.2) is 76.6 Å². The number of unbranched alkanes of at least 4 members (excludes halogenated alkanes) is 1. The first-order chi connectivity index (χ1) is 23.2. The Balaban J connectivity index is 1.10. The van der Waals surface area contributed by atoms with Gasteiger partial charge in [0, 0.05) is 16.7 Å². The summed E-state index contributed by atoms with van der Waals surface area (Å²) in [6.45, 7) is 3.16. The van der Waals surface area contributed by atoms with Gasteiger partial charge in [0.1, 0.15) is 17.4 Å². The number of hydrogen-bond acceptors (Lipinski definition) is 13. The third-order valence-corrected chi connectivity index (χ3v) is 11.3. The van der Waals surface area contributed by atoms with Crippen molar-refractivity contribution in [3.05, 3.63) is 63.7 Å². The maximum Gasteiger partial charge on any atom is 0.514 e. The molecule has 0 aliphatic heterocycles. The number of nitrogens with zero attached hydrogens (tertiary/aromatic N) is 1. The average molecular weight is 685 g/mol. The number of benzene rings is 1. The molecule has 0 heterocycles. The third kappa shape index (κ3) is 7.26. The van der Waals surface area contributed by atoms with Crippen molar-refractivity contribution in [1.29, 1.82) is 0 Å². The van der Waals surface area contributed by atoms with E-state index < -0.39 is 58.2 Å². The molecular formula is C35H44N2O12. The SMILES string of the molecule is C[C@]12C=CC(=O)C=C1CC[C@@H]1[C@@H]2[C@@H](O)C[C@@]2(C)[C@H]1CC[C@]2(O)C(=O)COC(=O)Oc1ccc(C[C@H](N)C(=O)OCCCCO[N+](=O)[O-])cc1. The van der Waals surface area contributed by atoms with Gasteiger partial charge in [-0.1, -0.05) is 37.6 Å². The number of carbonyl (C=O) groups excluding carboxylic acids is 4. The first-order valence-electron chi connectivity index (χ1n) is 16.7. The number of ketones is 2. The summed E-state index contributed by atoms with van der Waals surface area (Å²) in [4.78, 5) is 64.6. The van der Waals surface area contributed by atoms with Crippen LogP contribution in [0.15, 0.2) is 48.1 Å². The molecule has 5 rings (SSSR count). The lowest BCUT2D eigenvalue weighted by molar-refractivity contribution is -0.757. The number of aliphatic hydroxyl groups excluding tert-OH is 1. The predicted molar refractivity (Wildman–Crippen MR) is 171 cm³/mol. The molecule has 0 bridgehead atoms. The number of esters is 1. The number of carbonyl (C=O) groups is 4. The van der Waals surface area contributed by atoms with Crippen molar-refractivity contribution in [3.63, 3.8) is 0 Å². The molecule has 3 saturated carbocycles. The van der Waals surface area contributed by atoms with E-state index in [1.165, 1.54) is 12.1 Å². The second kappa shape index (κ2) is 14.4. The molecule has 0 radical (unpaired) electrons. The minimum absolute atomic E-state index is 0.0394. The van der Waals surface area contributed by atoms with Gasteiger partial charge in [-0.3, -0.25) is 14.4 Å². The number of fused-ring (bicyclic) bond motifs is 5. The molecular weight excluding hydrogens is 640 g/mol. The van der Waals surface area contributed by atoms with Gasteiger partial charge in [0.2, 0.25) is 5.78 Å². The zero-order valence-corrected chi connectivity index (χ0v) is 27.7. The topological polar surface area (TPSA) is 215 Å². The molecule has 1 aromatic carbocycles. The van der Waals surface area contributed by atoms with Crippen molar-refractivity contribution in [2.75, 3.05) is 19.8 Å². The Morgan fingerprint density at radius 3 is 2.53 bits per heavy atom. The number of hydrogen-bond donors (Lipinski definition) is 3. The highest BCUT2D eigenvalue weighted by Crippen LogP contribution is 2.67. The highest BCUT2D eigenvalue weighted by atomic mass is 16.9. The summed E-state index contributed by atoms with van der Waals surface area (Å²) < 4.78 is 15.4. The Morgan fingerprint density at radius 2 is 1.82 bits per heavy atom. The lowest BCUT2D eigenvalue weighted by Crippen LogP contribution is -2.61. The molecule has 0 unspecified atom stereocenters. The summed E-state index contributed by atoms with van der Waals surface area (Å²) in [5.41, 5.74) is 4.42. The molecule has 0 amide bonds. The van der Waals surface area contributed by atoms with Crippen LogP contribution < -0.4 is 10.5 Å². The van der Waals surface area contributed by atoms with Crippen molar-refractivity contribution in [1.82, 2.24) is 0 Å². The maximum atomic E-state index is 13.5. The van der Waals surface area contributed by atoms with Crippen molar-refractivity contribution in [3.8, 4) is 5.75 Å². The summed E-state index contributed by atoms with van der Waals surface area (Å²) in [6, 6.07) is 5.20. The van der Waals surface area contributed by atoms with Gasteiger partial charge in [0.05, 0.1) is 19.3 Å². The summed E-state index contributed by atoms with van der Waals surface area (Å²) in [5, 5.41) is 32.6. The molecule has 3 fully saturated rings. The Labute approximate surface area is 283 Å². The molecule has 14 heteroatoms. The van der Waals surface area contributed by atoms with Crippen molar-refractivity contribution < 1.29 is 53.5 Å². The second-order valence-corrected chi connectivity index (χ2v) is 14.1. The standard InChI is InChI=1S/C35H44N2O12/c1-33-13-11-23(38)18-22(33)7-10-25-26-12-14-35(43,34(26,2)19-28(39)30(25)33)29(40)20-47-32(42)49-24-8-5-21(6-9-24)17-27(36)31(41)46-15-3-4-16-48-37(44)45/h5-6,8-9,11,13,18,25-28,30,39,43H,3-4,7,10,12,14-17,19-20,36H2,1-2H3/t25-,26-,27-,28-,30+,33-,34-,35-/m0/s1. The molecule has 49 heavy (non-hydrogen) atoms. The molecule has 0 spiro atoms. The van der Waals surface area contributed by atoms with Crippen LogP contribution in [0.4, 0.5) is 4.79 Å². The quantitative estimate of drug-likeness (QED) is 0.0896. The van der Waals surface area contributed by atoms with Crippen LogP contribution in [0.2, 0.25) is 0 Å². The van der Waals surface area contributed by atoms with E-state index in [9.17, 15) is 39.5 Å². The molecule has 0 aromatic heterocycles. The van der Waals surface area contributed by atoms with Crippen LogP contribution in [0.5, 0.6) is 5.75 Å². The normalized spacial score (nSPS) is 32.1. The van der Waals surface area contributed by atoms with E-state index in [2.05, 4.69) is 11.8 Å². The highest BCUT2D eigenvalue weighted by Gasteiger charge is 2.68. The largest absolute Gasteiger partial charge is 0.514 e. The lowest BCUT2D eigenvalue weighted by Gasteiger charge is -2.59. The fourth-order valence-corrected chi connectivity index (χ4v) is 8.81. The smallest absolute Gasteiger partial charge is 0.465 e. The number of ether oxygens (including phenoxy) is 3. The van der Waals surface area contributed by atoms with Crippen molar-refractivity contribution >= 4 is 23.7 Å². The van der Waals surface area contributed by atoms with Crippen LogP contribution in [0, 0.1) is 38.7 Å². The Morgan fingerprint density at radius 1 is 1.10 bits per heavy atom. The van der Waals surface area contributed by atoms with Gasteiger partial charge in [0.25, 0.3) is 5.09 Å². The maximum absolute atomic E-state index is 13.5. The first-order valence-corrected chi connectivity index (χ1v) is 16.7. The number of aliphatic hydroxyl groups is 2.